The lowest BCUT2D eigenvalue weighted by atomic mass is 10.1. The summed E-state index contributed by atoms with van der Waals surface area (Å²) < 4.78 is 18.4. The molecule has 0 atom stereocenters. The number of nitrogens with one attached hydrogen (secondary N) is 2. The van der Waals surface area contributed by atoms with Crippen molar-refractivity contribution < 1.29 is 13.6 Å². The van der Waals surface area contributed by atoms with Crippen LogP contribution in [0, 0.1) is 12.7 Å². The first-order valence-electron chi connectivity index (χ1n) is 8.70. The monoisotopic (exact) mass is 376 g/mol. The predicted octanol–water partition coefficient (Wildman–Crippen LogP) is 4.02. The number of carbonyl (C=O) groups excluding carboxylic acids is 1. The average Bonchev–Trinajstić information content (AvgIpc) is 3.15. The molecule has 6 nitrogen and oxygen atoms in total. The van der Waals surface area contributed by atoms with Gasteiger partial charge in [-0.1, -0.05) is 18.2 Å². The highest BCUT2D eigenvalue weighted by molar-refractivity contribution is 5.83. The number of aryl methyl sites for hydroxylation is 1. The molecule has 2 heterocycles. The number of fused-ring (bicyclic) bond motifs is 1. The fourth-order valence-electron chi connectivity index (χ4n) is 2.80. The molecule has 0 aliphatic carbocycles. The maximum Gasteiger partial charge on any atom is 0.244 e. The van der Waals surface area contributed by atoms with Crippen LogP contribution in [0.15, 0.2) is 65.3 Å². The number of rotatable bonds is 5. The molecule has 0 spiro atoms. The van der Waals surface area contributed by atoms with E-state index >= 15 is 0 Å². The highest BCUT2D eigenvalue weighted by Crippen LogP contribution is 2.20. The van der Waals surface area contributed by atoms with E-state index in [2.05, 4.69) is 20.8 Å². The second-order valence-corrected chi connectivity index (χ2v) is 6.35. The molecule has 2 aromatic heterocycles. The van der Waals surface area contributed by atoms with Crippen LogP contribution in [0.25, 0.3) is 22.4 Å². The number of hydrogen-bond donors (Lipinski definition) is 2. The lowest BCUT2D eigenvalue weighted by molar-refractivity contribution is -0.120. The van der Waals surface area contributed by atoms with Gasteiger partial charge in [-0.3, -0.25) is 15.6 Å². The summed E-state index contributed by atoms with van der Waals surface area (Å²) in [4.78, 5) is 21.0. The van der Waals surface area contributed by atoms with Crippen LogP contribution in [0.2, 0.25) is 0 Å². The van der Waals surface area contributed by atoms with Gasteiger partial charge in [0.25, 0.3) is 0 Å². The van der Waals surface area contributed by atoms with E-state index in [9.17, 15) is 9.18 Å². The molecule has 0 aliphatic rings. The van der Waals surface area contributed by atoms with E-state index in [0.29, 0.717) is 23.0 Å². The number of oxazole rings is 1. The van der Waals surface area contributed by atoms with Crippen molar-refractivity contribution in [2.45, 2.75) is 13.3 Å². The Balaban J connectivity index is 1.40. The van der Waals surface area contributed by atoms with Gasteiger partial charge in [0.2, 0.25) is 11.8 Å². The number of anilines is 1. The molecule has 7 heteroatoms. The Kier molecular flexibility index (Phi) is 4.72. The third-order valence-corrected chi connectivity index (χ3v) is 4.22. The summed E-state index contributed by atoms with van der Waals surface area (Å²) in [7, 11) is 0. The van der Waals surface area contributed by atoms with E-state index in [1.54, 1.807) is 12.1 Å². The van der Waals surface area contributed by atoms with Gasteiger partial charge in [-0.15, -0.1) is 0 Å². The first kappa shape index (κ1) is 17.7. The molecule has 28 heavy (non-hydrogen) atoms. The summed E-state index contributed by atoms with van der Waals surface area (Å²) in [6.07, 6.45) is 1.45. The van der Waals surface area contributed by atoms with Gasteiger partial charge >= 0.3 is 0 Å². The highest BCUT2D eigenvalue weighted by Gasteiger charge is 2.11. The van der Waals surface area contributed by atoms with Gasteiger partial charge in [0, 0.05) is 10.9 Å². The topological polar surface area (TPSA) is 80.0 Å². The maximum absolute atomic E-state index is 13.0. The van der Waals surface area contributed by atoms with Crippen LogP contribution in [0.1, 0.15) is 11.3 Å². The van der Waals surface area contributed by atoms with E-state index in [1.807, 2.05) is 37.3 Å². The van der Waals surface area contributed by atoms with E-state index in [1.165, 1.54) is 18.4 Å². The quantitative estimate of drug-likeness (QED) is 0.514. The Hall–Kier alpha value is -3.74. The van der Waals surface area contributed by atoms with Gasteiger partial charge in [0.1, 0.15) is 17.9 Å². The molecule has 0 unspecified atom stereocenters. The number of nitrogens with zero attached hydrogens (tertiary/aromatic N) is 2. The van der Waals surface area contributed by atoms with Crippen molar-refractivity contribution in [1.29, 1.82) is 0 Å². The molecule has 0 saturated carbocycles. The number of amides is 1. The molecule has 2 aromatic carbocycles. The van der Waals surface area contributed by atoms with Crippen LogP contribution < -0.4 is 10.9 Å². The summed E-state index contributed by atoms with van der Waals surface area (Å²) >= 11 is 0. The molecular weight excluding hydrogens is 359 g/mol. The van der Waals surface area contributed by atoms with E-state index in [0.717, 1.165) is 16.5 Å². The minimum atomic E-state index is -0.335. The van der Waals surface area contributed by atoms with Crippen LogP contribution >= 0.6 is 0 Å². The standard InChI is InChI=1S/C21H17FN4O2/c1-13-10-15-4-2-3-5-18(15)24-20(13)26-25-19(27)11-17-12-28-21(23-17)14-6-8-16(22)9-7-14/h2-10,12H,11H2,1H3,(H,24,26)(H,25,27). The Morgan fingerprint density at radius 3 is 2.71 bits per heavy atom. The van der Waals surface area contributed by atoms with Crippen LogP contribution in [-0.4, -0.2) is 15.9 Å². The first-order chi connectivity index (χ1) is 13.6. The van der Waals surface area contributed by atoms with Gasteiger partial charge in [0.15, 0.2) is 0 Å². The van der Waals surface area contributed by atoms with Gasteiger partial charge < -0.3 is 4.42 Å². The molecule has 0 aliphatic heterocycles. The molecule has 1 amide bonds. The third-order valence-electron chi connectivity index (χ3n) is 4.22. The zero-order valence-electron chi connectivity index (χ0n) is 15.1. The summed E-state index contributed by atoms with van der Waals surface area (Å²) in [6.45, 7) is 1.92. The van der Waals surface area contributed by atoms with Crippen molar-refractivity contribution in [3.05, 3.63) is 77.9 Å². The van der Waals surface area contributed by atoms with Crippen molar-refractivity contribution in [3.8, 4) is 11.5 Å². The summed E-state index contributed by atoms with van der Waals surface area (Å²) in [5.41, 5.74) is 8.35. The predicted molar refractivity (Wildman–Crippen MR) is 104 cm³/mol. The SMILES string of the molecule is Cc1cc2ccccc2nc1NNC(=O)Cc1coc(-c2ccc(F)cc2)n1. The fourth-order valence-corrected chi connectivity index (χ4v) is 2.80. The van der Waals surface area contributed by atoms with Gasteiger partial charge in [-0.2, -0.15) is 0 Å². The van der Waals surface area contributed by atoms with Gasteiger partial charge in [0.05, 0.1) is 17.6 Å². The molecule has 4 rings (SSSR count). The molecule has 140 valence electrons. The Bertz CT molecular complexity index is 1140. The van der Waals surface area contributed by atoms with Crippen molar-refractivity contribution in [1.82, 2.24) is 15.4 Å². The van der Waals surface area contributed by atoms with E-state index in [-0.39, 0.29) is 18.1 Å². The van der Waals surface area contributed by atoms with Gasteiger partial charge in [-0.05, 0) is 48.9 Å². The number of hydrogen-bond acceptors (Lipinski definition) is 5. The van der Waals surface area contributed by atoms with Crippen molar-refractivity contribution >= 4 is 22.6 Å². The molecule has 0 radical (unpaired) electrons. The van der Waals surface area contributed by atoms with Crippen molar-refractivity contribution in [2.24, 2.45) is 0 Å². The first-order valence-corrected chi connectivity index (χ1v) is 8.70. The molecule has 0 saturated heterocycles. The smallest absolute Gasteiger partial charge is 0.244 e. The largest absolute Gasteiger partial charge is 0.444 e. The lowest BCUT2D eigenvalue weighted by Gasteiger charge is -2.10. The second-order valence-electron chi connectivity index (χ2n) is 6.35. The Morgan fingerprint density at radius 2 is 1.89 bits per heavy atom. The third kappa shape index (κ3) is 3.83. The minimum Gasteiger partial charge on any atom is -0.444 e. The van der Waals surface area contributed by atoms with E-state index < -0.39 is 0 Å². The molecule has 0 fully saturated rings. The number of halogens is 1. The average molecular weight is 376 g/mol. The molecular formula is C21H17FN4O2. The number of pyridine rings is 1. The summed E-state index contributed by atoms with van der Waals surface area (Å²) in [5, 5.41) is 1.03. The molecule has 2 N–H and O–H groups in total. The number of hydrazine groups is 1. The highest BCUT2D eigenvalue weighted by atomic mass is 19.1. The van der Waals surface area contributed by atoms with Crippen molar-refractivity contribution in [2.75, 3.05) is 5.43 Å². The molecule has 0 bridgehead atoms. The maximum atomic E-state index is 13.0. The van der Waals surface area contributed by atoms with Crippen LogP contribution in [0.4, 0.5) is 10.2 Å². The Morgan fingerprint density at radius 1 is 1.11 bits per heavy atom. The van der Waals surface area contributed by atoms with Gasteiger partial charge in [-0.25, -0.2) is 14.4 Å². The zero-order chi connectivity index (χ0) is 19.5. The van der Waals surface area contributed by atoms with Crippen LogP contribution in [0.5, 0.6) is 0 Å². The number of aromatic nitrogens is 2. The number of carbonyl (C=O) groups is 1. The minimum absolute atomic E-state index is 0.0321. The van der Waals surface area contributed by atoms with E-state index in [4.69, 9.17) is 4.42 Å². The number of para-hydroxylation sites is 1. The van der Waals surface area contributed by atoms with Crippen LogP contribution in [0.3, 0.4) is 0 Å². The van der Waals surface area contributed by atoms with Crippen molar-refractivity contribution in [3.63, 3.8) is 0 Å². The summed E-state index contributed by atoms with van der Waals surface area (Å²) in [6, 6.07) is 15.6. The lowest BCUT2D eigenvalue weighted by Crippen LogP contribution is -2.31. The Labute approximate surface area is 160 Å². The normalized spacial score (nSPS) is 10.8. The fraction of sp³-hybridized carbons (Fsp3) is 0.0952. The second kappa shape index (κ2) is 7.48. The molecule has 4 aromatic rings. The number of benzene rings is 2. The summed E-state index contributed by atoms with van der Waals surface area (Å²) in [5.74, 6) is 0.300. The van der Waals surface area contributed by atoms with Crippen LogP contribution in [-0.2, 0) is 11.2 Å². The zero-order valence-corrected chi connectivity index (χ0v) is 15.1.